The fourth-order valence-corrected chi connectivity index (χ4v) is 1.97. The average Bonchev–Trinajstić information content (AvgIpc) is 2.16. The Morgan fingerprint density at radius 1 is 1.50 bits per heavy atom. The number of carbonyl (C=O) groups is 1. The second-order valence-corrected chi connectivity index (χ2v) is 4.49. The van der Waals surface area contributed by atoms with Gasteiger partial charge in [-0.15, -0.1) is 0 Å². The molecule has 0 fully saturated rings. The molecule has 0 heterocycles. The number of halogens is 2. The number of carbonyl (C=O) groups excluding carboxylic acids is 1. The van der Waals surface area contributed by atoms with Crippen molar-refractivity contribution < 1.29 is 4.79 Å². The smallest absolute Gasteiger partial charge is 0.233 e. The van der Waals surface area contributed by atoms with Crippen LogP contribution in [0.2, 0.25) is 0 Å². The summed E-state index contributed by atoms with van der Waals surface area (Å²) < 4.78 is 1.04. The molecule has 4 heteroatoms. The number of benzene rings is 1. The standard InChI is InChI=1S/C10H11Br2NO/c1-13(10(14)6-11)7-8-3-2-4-9(12)5-8/h2-5H,6-7H2,1H3. The topological polar surface area (TPSA) is 20.3 Å². The summed E-state index contributed by atoms with van der Waals surface area (Å²) in [4.78, 5) is 13.0. The van der Waals surface area contributed by atoms with E-state index in [9.17, 15) is 4.79 Å². The number of rotatable bonds is 3. The molecule has 0 radical (unpaired) electrons. The van der Waals surface area contributed by atoms with E-state index in [0.717, 1.165) is 10.0 Å². The van der Waals surface area contributed by atoms with Crippen LogP contribution in [0.15, 0.2) is 28.7 Å². The van der Waals surface area contributed by atoms with E-state index in [1.54, 1.807) is 11.9 Å². The lowest BCUT2D eigenvalue weighted by Crippen LogP contribution is -2.26. The third-order valence-electron chi connectivity index (χ3n) is 1.85. The minimum atomic E-state index is 0.0879. The zero-order valence-corrected chi connectivity index (χ0v) is 11.0. The molecule has 2 nitrogen and oxygen atoms in total. The Labute approximate surface area is 101 Å². The lowest BCUT2D eigenvalue weighted by atomic mass is 10.2. The van der Waals surface area contributed by atoms with Gasteiger partial charge in [-0.25, -0.2) is 0 Å². The summed E-state index contributed by atoms with van der Waals surface area (Å²) >= 11 is 6.54. The van der Waals surface area contributed by atoms with Crippen LogP contribution in [-0.2, 0) is 11.3 Å². The largest absolute Gasteiger partial charge is 0.341 e. The molecule has 1 rings (SSSR count). The Morgan fingerprint density at radius 2 is 2.21 bits per heavy atom. The van der Waals surface area contributed by atoms with Gasteiger partial charge in [0.15, 0.2) is 0 Å². The predicted molar refractivity (Wildman–Crippen MR) is 64.4 cm³/mol. The molecule has 0 bridgehead atoms. The highest BCUT2D eigenvalue weighted by molar-refractivity contribution is 9.10. The number of nitrogens with zero attached hydrogens (tertiary/aromatic N) is 1. The zero-order valence-electron chi connectivity index (χ0n) is 7.84. The quantitative estimate of drug-likeness (QED) is 0.784. The molecule has 0 saturated carbocycles. The van der Waals surface area contributed by atoms with Gasteiger partial charge in [-0.2, -0.15) is 0 Å². The normalized spacial score (nSPS) is 9.93. The van der Waals surface area contributed by atoms with Crippen molar-refractivity contribution in [1.82, 2.24) is 4.90 Å². The average molecular weight is 321 g/mol. The van der Waals surface area contributed by atoms with Crippen LogP contribution in [-0.4, -0.2) is 23.2 Å². The van der Waals surface area contributed by atoms with E-state index in [4.69, 9.17) is 0 Å². The first kappa shape index (κ1) is 11.7. The first-order valence-corrected chi connectivity index (χ1v) is 6.09. The van der Waals surface area contributed by atoms with Gasteiger partial charge in [-0.05, 0) is 17.7 Å². The monoisotopic (exact) mass is 319 g/mol. The van der Waals surface area contributed by atoms with E-state index in [-0.39, 0.29) is 5.91 Å². The number of alkyl halides is 1. The molecular weight excluding hydrogens is 310 g/mol. The summed E-state index contributed by atoms with van der Waals surface area (Å²) in [6.45, 7) is 0.643. The van der Waals surface area contributed by atoms with Gasteiger partial charge in [0.05, 0.1) is 5.33 Å². The third-order valence-corrected chi connectivity index (χ3v) is 2.82. The summed E-state index contributed by atoms with van der Waals surface area (Å²) in [6.07, 6.45) is 0. The van der Waals surface area contributed by atoms with Crippen molar-refractivity contribution in [1.29, 1.82) is 0 Å². The Kier molecular flexibility index (Phi) is 4.62. The molecule has 0 atom stereocenters. The van der Waals surface area contributed by atoms with Crippen LogP contribution in [0, 0.1) is 0 Å². The summed E-state index contributed by atoms with van der Waals surface area (Å²) in [5.41, 5.74) is 1.12. The first-order valence-electron chi connectivity index (χ1n) is 4.18. The minimum absolute atomic E-state index is 0.0879. The lowest BCUT2D eigenvalue weighted by molar-refractivity contribution is -0.127. The summed E-state index contributed by atoms with van der Waals surface area (Å²) in [6, 6.07) is 7.95. The Balaban J connectivity index is 2.64. The van der Waals surface area contributed by atoms with E-state index in [2.05, 4.69) is 31.9 Å². The van der Waals surface area contributed by atoms with Crippen LogP contribution in [0.1, 0.15) is 5.56 Å². The molecule has 0 aromatic heterocycles. The van der Waals surface area contributed by atoms with Crippen LogP contribution in [0.3, 0.4) is 0 Å². The van der Waals surface area contributed by atoms with Crippen LogP contribution in [0.5, 0.6) is 0 Å². The van der Waals surface area contributed by atoms with Crippen molar-refractivity contribution in [2.45, 2.75) is 6.54 Å². The van der Waals surface area contributed by atoms with Crippen molar-refractivity contribution in [3.63, 3.8) is 0 Å². The molecule has 0 spiro atoms. The summed E-state index contributed by atoms with van der Waals surface area (Å²) in [7, 11) is 1.80. The van der Waals surface area contributed by atoms with Crippen LogP contribution >= 0.6 is 31.9 Å². The van der Waals surface area contributed by atoms with Crippen molar-refractivity contribution in [2.24, 2.45) is 0 Å². The molecule has 0 aliphatic heterocycles. The molecule has 0 aliphatic carbocycles. The van der Waals surface area contributed by atoms with Gasteiger partial charge < -0.3 is 4.90 Å². The van der Waals surface area contributed by atoms with Crippen LogP contribution < -0.4 is 0 Å². The molecule has 0 aliphatic rings. The molecule has 0 N–H and O–H groups in total. The highest BCUT2D eigenvalue weighted by atomic mass is 79.9. The van der Waals surface area contributed by atoms with Crippen LogP contribution in [0.4, 0.5) is 0 Å². The van der Waals surface area contributed by atoms with E-state index < -0.39 is 0 Å². The summed E-state index contributed by atoms with van der Waals surface area (Å²) in [5, 5.41) is 0.373. The van der Waals surface area contributed by atoms with E-state index in [1.807, 2.05) is 24.3 Å². The number of hydrogen-bond acceptors (Lipinski definition) is 1. The Morgan fingerprint density at radius 3 is 2.79 bits per heavy atom. The van der Waals surface area contributed by atoms with Gasteiger partial charge in [0.1, 0.15) is 0 Å². The molecule has 1 aromatic carbocycles. The van der Waals surface area contributed by atoms with Gasteiger partial charge in [0, 0.05) is 18.1 Å². The maximum absolute atomic E-state index is 11.3. The third kappa shape index (κ3) is 3.42. The molecule has 0 saturated heterocycles. The SMILES string of the molecule is CN(Cc1cccc(Br)c1)C(=O)CBr. The molecule has 1 amide bonds. The molecule has 14 heavy (non-hydrogen) atoms. The highest BCUT2D eigenvalue weighted by Crippen LogP contribution is 2.13. The Hall–Kier alpha value is -0.350. The van der Waals surface area contributed by atoms with E-state index in [0.29, 0.717) is 11.9 Å². The lowest BCUT2D eigenvalue weighted by Gasteiger charge is -2.15. The molecular formula is C10H11Br2NO. The van der Waals surface area contributed by atoms with Gasteiger partial charge in [0.25, 0.3) is 0 Å². The van der Waals surface area contributed by atoms with E-state index in [1.165, 1.54) is 0 Å². The van der Waals surface area contributed by atoms with Crippen molar-refractivity contribution in [3.8, 4) is 0 Å². The van der Waals surface area contributed by atoms with Crippen molar-refractivity contribution in [3.05, 3.63) is 34.3 Å². The van der Waals surface area contributed by atoms with Gasteiger partial charge in [-0.1, -0.05) is 44.0 Å². The number of amides is 1. The van der Waals surface area contributed by atoms with Gasteiger partial charge in [-0.3, -0.25) is 4.79 Å². The predicted octanol–water partition coefficient (Wildman–Crippen LogP) is 2.80. The van der Waals surface area contributed by atoms with Crippen molar-refractivity contribution in [2.75, 3.05) is 12.4 Å². The summed E-state index contributed by atoms with van der Waals surface area (Å²) in [5.74, 6) is 0.0879. The first-order chi connectivity index (χ1) is 6.63. The molecule has 1 aromatic rings. The maximum atomic E-state index is 11.3. The van der Waals surface area contributed by atoms with Crippen LogP contribution in [0.25, 0.3) is 0 Å². The zero-order chi connectivity index (χ0) is 10.6. The Bertz CT molecular complexity index is 328. The van der Waals surface area contributed by atoms with E-state index >= 15 is 0 Å². The second-order valence-electron chi connectivity index (χ2n) is 3.01. The minimum Gasteiger partial charge on any atom is -0.341 e. The van der Waals surface area contributed by atoms with Gasteiger partial charge in [0.2, 0.25) is 5.91 Å². The number of hydrogen-bond donors (Lipinski definition) is 0. The van der Waals surface area contributed by atoms with Gasteiger partial charge >= 0.3 is 0 Å². The highest BCUT2D eigenvalue weighted by Gasteiger charge is 2.06. The van der Waals surface area contributed by atoms with Crippen molar-refractivity contribution >= 4 is 37.8 Å². The fourth-order valence-electron chi connectivity index (χ4n) is 1.10. The second kappa shape index (κ2) is 5.51. The fraction of sp³-hybridized carbons (Fsp3) is 0.300. The molecule has 0 unspecified atom stereocenters. The molecule has 76 valence electrons. The maximum Gasteiger partial charge on any atom is 0.233 e.